The topological polar surface area (TPSA) is 12.0 Å². The van der Waals surface area contributed by atoms with Gasteiger partial charge >= 0.3 is 0 Å². The second-order valence-corrected chi connectivity index (χ2v) is 3.48. The second-order valence-electron chi connectivity index (χ2n) is 2.24. The van der Waals surface area contributed by atoms with Gasteiger partial charge in [-0.2, -0.15) is 0 Å². The Kier molecular flexibility index (Phi) is 2.93. The molecule has 58 valence electrons. The fraction of sp³-hybridized carbons (Fsp3) is 0.111. The van der Waals surface area contributed by atoms with Gasteiger partial charge in [-0.3, -0.25) is 0 Å². The van der Waals surface area contributed by atoms with Crippen molar-refractivity contribution in [1.29, 1.82) is 0 Å². The van der Waals surface area contributed by atoms with Gasteiger partial charge in [0.05, 0.1) is 0 Å². The summed E-state index contributed by atoms with van der Waals surface area (Å²) in [5.41, 5.74) is 2.11. The van der Waals surface area contributed by atoms with Gasteiger partial charge in [-0.1, -0.05) is 18.7 Å². The SMILES string of the molecule is C=C(NC)c1ccc(I)cc1. The highest BCUT2D eigenvalue weighted by molar-refractivity contribution is 14.1. The molecular weight excluding hydrogens is 249 g/mol. The average molecular weight is 259 g/mol. The summed E-state index contributed by atoms with van der Waals surface area (Å²) in [6.07, 6.45) is 0. The molecule has 0 amide bonds. The van der Waals surface area contributed by atoms with Crippen LogP contribution in [0, 0.1) is 3.57 Å². The van der Waals surface area contributed by atoms with Gasteiger partial charge in [0.25, 0.3) is 0 Å². The molecule has 0 fully saturated rings. The third-order valence-electron chi connectivity index (χ3n) is 1.49. The van der Waals surface area contributed by atoms with E-state index in [9.17, 15) is 0 Å². The zero-order valence-corrected chi connectivity index (χ0v) is 8.55. The molecule has 0 bridgehead atoms. The Bertz CT molecular complexity index is 251. The quantitative estimate of drug-likeness (QED) is 0.804. The fourth-order valence-corrected chi connectivity index (χ4v) is 1.15. The molecule has 0 atom stereocenters. The molecule has 0 unspecified atom stereocenters. The Morgan fingerprint density at radius 2 is 1.91 bits per heavy atom. The molecule has 1 aromatic carbocycles. The lowest BCUT2D eigenvalue weighted by molar-refractivity contribution is 1.13. The van der Waals surface area contributed by atoms with Crippen LogP contribution in [-0.4, -0.2) is 7.05 Å². The highest BCUT2D eigenvalue weighted by Gasteiger charge is 1.93. The number of benzene rings is 1. The average Bonchev–Trinajstić information content (AvgIpc) is 2.05. The molecule has 1 aromatic rings. The van der Waals surface area contributed by atoms with Crippen LogP contribution < -0.4 is 5.32 Å². The molecule has 0 aliphatic carbocycles. The van der Waals surface area contributed by atoms with Crippen LogP contribution in [-0.2, 0) is 0 Å². The number of halogens is 1. The van der Waals surface area contributed by atoms with Crippen LogP contribution in [0.15, 0.2) is 30.8 Å². The van der Waals surface area contributed by atoms with E-state index in [1.54, 1.807) is 0 Å². The zero-order chi connectivity index (χ0) is 8.27. The van der Waals surface area contributed by atoms with Crippen molar-refractivity contribution in [3.05, 3.63) is 40.0 Å². The molecule has 0 saturated heterocycles. The summed E-state index contributed by atoms with van der Waals surface area (Å²) in [5, 5.41) is 3.00. The van der Waals surface area contributed by atoms with E-state index < -0.39 is 0 Å². The minimum absolute atomic E-state index is 0.960. The number of hydrogen-bond acceptors (Lipinski definition) is 1. The molecule has 1 nitrogen and oxygen atoms in total. The Labute approximate surface area is 80.6 Å². The summed E-state index contributed by atoms with van der Waals surface area (Å²) in [7, 11) is 1.88. The van der Waals surface area contributed by atoms with Crippen molar-refractivity contribution in [2.75, 3.05) is 7.05 Å². The first-order valence-electron chi connectivity index (χ1n) is 3.36. The first kappa shape index (κ1) is 8.59. The highest BCUT2D eigenvalue weighted by atomic mass is 127. The number of rotatable bonds is 2. The molecule has 0 radical (unpaired) electrons. The Morgan fingerprint density at radius 3 is 2.36 bits per heavy atom. The van der Waals surface area contributed by atoms with E-state index in [1.165, 1.54) is 3.57 Å². The second kappa shape index (κ2) is 3.76. The summed E-state index contributed by atoms with van der Waals surface area (Å²) in [6.45, 7) is 3.86. The molecule has 0 spiro atoms. The molecular formula is C9H10IN. The van der Waals surface area contributed by atoms with Gasteiger partial charge in [0.1, 0.15) is 0 Å². The van der Waals surface area contributed by atoms with Gasteiger partial charge in [0, 0.05) is 16.3 Å². The van der Waals surface area contributed by atoms with E-state index in [1.807, 2.05) is 7.05 Å². The molecule has 0 aliphatic heterocycles. The first-order valence-corrected chi connectivity index (χ1v) is 4.44. The van der Waals surface area contributed by atoms with Crippen molar-refractivity contribution in [2.45, 2.75) is 0 Å². The van der Waals surface area contributed by atoms with Gasteiger partial charge < -0.3 is 5.32 Å². The van der Waals surface area contributed by atoms with E-state index in [4.69, 9.17) is 0 Å². The van der Waals surface area contributed by atoms with Crippen molar-refractivity contribution in [1.82, 2.24) is 5.32 Å². The summed E-state index contributed by atoms with van der Waals surface area (Å²) < 4.78 is 1.25. The normalized spacial score (nSPS) is 9.27. The molecule has 0 heterocycles. The summed E-state index contributed by atoms with van der Waals surface area (Å²) in [6, 6.07) is 8.25. The van der Waals surface area contributed by atoms with Crippen LogP contribution >= 0.6 is 22.6 Å². The van der Waals surface area contributed by atoms with E-state index in [0.29, 0.717) is 0 Å². The predicted octanol–water partition coefficient (Wildman–Crippen LogP) is 2.48. The van der Waals surface area contributed by atoms with Crippen molar-refractivity contribution in [3.63, 3.8) is 0 Å². The molecule has 11 heavy (non-hydrogen) atoms. The van der Waals surface area contributed by atoms with Crippen LogP contribution in [0.1, 0.15) is 5.56 Å². The molecule has 0 saturated carbocycles. The molecule has 2 heteroatoms. The van der Waals surface area contributed by atoms with Crippen molar-refractivity contribution < 1.29 is 0 Å². The van der Waals surface area contributed by atoms with E-state index in [0.717, 1.165) is 11.3 Å². The minimum atomic E-state index is 0.960. The van der Waals surface area contributed by atoms with Crippen LogP contribution in [0.4, 0.5) is 0 Å². The first-order chi connectivity index (χ1) is 5.24. The smallest absolute Gasteiger partial charge is 0.0338 e. The summed E-state index contributed by atoms with van der Waals surface area (Å²) in [4.78, 5) is 0. The zero-order valence-electron chi connectivity index (χ0n) is 6.39. The standard InChI is InChI=1S/C9H10IN/c1-7(11-2)8-3-5-9(10)6-4-8/h3-6,11H,1H2,2H3. The van der Waals surface area contributed by atoms with E-state index in [-0.39, 0.29) is 0 Å². The third kappa shape index (κ3) is 2.22. The number of hydrogen-bond donors (Lipinski definition) is 1. The summed E-state index contributed by atoms with van der Waals surface area (Å²) >= 11 is 2.28. The van der Waals surface area contributed by atoms with Crippen molar-refractivity contribution >= 4 is 28.3 Å². The fourth-order valence-electron chi connectivity index (χ4n) is 0.795. The van der Waals surface area contributed by atoms with Gasteiger partial charge in [0.2, 0.25) is 0 Å². The van der Waals surface area contributed by atoms with Crippen LogP contribution in [0.3, 0.4) is 0 Å². The maximum atomic E-state index is 3.86. The maximum absolute atomic E-state index is 3.86. The van der Waals surface area contributed by atoms with Crippen LogP contribution in [0.2, 0.25) is 0 Å². The maximum Gasteiger partial charge on any atom is 0.0338 e. The molecule has 0 aromatic heterocycles. The predicted molar refractivity (Wildman–Crippen MR) is 57.3 cm³/mol. The van der Waals surface area contributed by atoms with Crippen molar-refractivity contribution in [3.8, 4) is 0 Å². The summed E-state index contributed by atoms with van der Waals surface area (Å²) in [5.74, 6) is 0. The van der Waals surface area contributed by atoms with E-state index >= 15 is 0 Å². The molecule has 1 N–H and O–H groups in total. The lowest BCUT2D eigenvalue weighted by Gasteiger charge is -2.03. The largest absolute Gasteiger partial charge is 0.388 e. The van der Waals surface area contributed by atoms with E-state index in [2.05, 4.69) is 58.8 Å². The Balaban J connectivity index is 2.90. The Morgan fingerprint density at radius 1 is 1.36 bits per heavy atom. The van der Waals surface area contributed by atoms with Gasteiger partial charge in [0.15, 0.2) is 0 Å². The highest BCUT2D eigenvalue weighted by Crippen LogP contribution is 2.11. The van der Waals surface area contributed by atoms with Gasteiger partial charge in [-0.05, 0) is 40.3 Å². The third-order valence-corrected chi connectivity index (χ3v) is 2.21. The lowest BCUT2D eigenvalue weighted by Crippen LogP contribution is -2.02. The lowest BCUT2D eigenvalue weighted by atomic mass is 10.2. The monoisotopic (exact) mass is 259 g/mol. The number of nitrogens with one attached hydrogen (secondary N) is 1. The molecule has 1 rings (SSSR count). The Hall–Kier alpha value is -0.510. The van der Waals surface area contributed by atoms with Gasteiger partial charge in [-0.15, -0.1) is 0 Å². The minimum Gasteiger partial charge on any atom is -0.388 e. The molecule has 0 aliphatic rings. The van der Waals surface area contributed by atoms with Crippen molar-refractivity contribution in [2.24, 2.45) is 0 Å². The van der Waals surface area contributed by atoms with Crippen LogP contribution in [0.5, 0.6) is 0 Å². The van der Waals surface area contributed by atoms with Gasteiger partial charge in [-0.25, -0.2) is 0 Å². The van der Waals surface area contributed by atoms with Crippen LogP contribution in [0.25, 0.3) is 5.70 Å².